The molecule has 1 amide bonds. The summed E-state index contributed by atoms with van der Waals surface area (Å²) < 4.78 is 0. The summed E-state index contributed by atoms with van der Waals surface area (Å²) in [6.45, 7) is 10.0. The van der Waals surface area contributed by atoms with Gasteiger partial charge in [0.05, 0.1) is 0 Å². The van der Waals surface area contributed by atoms with Crippen LogP contribution in [0.1, 0.15) is 62.5 Å². The first kappa shape index (κ1) is 16.5. The molecule has 0 saturated heterocycles. The lowest BCUT2D eigenvalue weighted by Gasteiger charge is -2.18. The average molecular weight is 277 g/mol. The molecule has 1 aromatic heterocycles. The molecule has 0 aromatic carbocycles. The van der Waals surface area contributed by atoms with Crippen molar-refractivity contribution in [2.24, 2.45) is 0 Å². The van der Waals surface area contributed by atoms with Gasteiger partial charge in [-0.2, -0.15) is 0 Å². The van der Waals surface area contributed by atoms with E-state index in [2.05, 4.69) is 38.0 Å². The van der Waals surface area contributed by atoms with Gasteiger partial charge >= 0.3 is 0 Å². The molecule has 0 atom stereocenters. The van der Waals surface area contributed by atoms with Crippen LogP contribution in [0.25, 0.3) is 0 Å². The fourth-order valence-corrected chi connectivity index (χ4v) is 1.97. The van der Waals surface area contributed by atoms with Crippen LogP contribution in [0.2, 0.25) is 0 Å². The van der Waals surface area contributed by atoms with Crippen LogP contribution in [0.4, 0.5) is 5.82 Å². The Labute approximate surface area is 122 Å². The van der Waals surface area contributed by atoms with E-state index in [9.17, 15) is 4.79 Å². The number of carbonyl (C=O) groups excluding carboxylic acids is 1. The van der Waals surface area contributed by atoms with Crippen LogP contribution in [-0.2, 0) is 0 Å². The van der Waals surface area contributed by atoms with Crippen LogP contribution in [-0.4, -0.2) is 35.9 Å². The minimum absolute atomic E-state index is 0.0655. The Hall–Kier alpha value is -1.58. The minimum Gasteiger partial charge on any atom is -0.370 e. The van der Waals surface area contributed by atoms with Gasteiger partial charge in [0.15, 0.2) is 0 Å². The molecule has 0 bridgehead atoms. The van der Waals surface area contributed by atoms with Crippen LogP contribution in [0.3, 0.4) is 0 Å². The number of nitrogens with zero attached hydrogens (tertiary/aromatic N) is 2. The van der Waals surface area contributed by atoms with Gasteiger partial charge in [0.1, 0.15) is 5.82 Å². The number of carbonyl (C=O) groups is 1. The summed E-state index contributed by atoms with van der Waals surface area (Å²) in [5.41, 5.74) is 1.68. The van der Waals surface area contributed by atoms with E-state index in [1.54, 1.807) is 4.90 Å². The lowest BCUT2D eigenvalue weighted by molar-refractivity contribution is 0.0795. The molecule has 4 heteroatoms. The maximum Gasteiger partial charge on any atom is 0.253 e. The zero-order valence-electron chi connectivity index (χ0n) is 13.4. The van der Waals surface area contributed by atoms with Crippen molar-refractivity contribution in [2.45, 2.75) is 46.5 Å². The predicted octanol–water partition coefficient (Wildman–Crippen LogP) is 3.51. The van der Waals surface area contributed by atoms with Crippen LogP contribution < -0.4 is 5.32 Å². The molecule has 112 valence electrons. The smallest absolute Gasteiger partial charge is 0.253 e. The highest BCUT2D eigenvalue weighted by atomic mass is 16.2. The normalized spacial score (nSPS) is 10.7. The number of aromatic nitrogens is 1. The molecule has 0 radical (unpaired) electrons. The Balaban J connectivity index is 3.04. The molecule has 0 aliphatic heterocycles. The zero-order valence-corrected chi connectivity index (χ0v) is 13.4. The monoisotopic (exact) mass is 277 g/mol. The Bertz CT molecular complexity index is 443. The Morgan fingerprint density at radius 2 is 2.00 bits per heavy atom. The van der Waals surface area contributed by atoms with E-state index in [0.29, 0.717) is 5.92 Å². The van der Waals surface area contributed by atoms with E-state index < -0.39 is 0 Å². The molecule has 1 N–H and O–H groups in total. The SMILES string of the molecule is CCCNc1cc(C(=O)N(C)CCC)cc(C(C)C)n1. The van der Waals surface area contributed by atoms with Gasteiger partial charge in [-0.15, -0.1) is 0 Å². The number of hydrogen-bond donors (Lipinski definition) is 1. The molecule has 0 aliphatic rings. The Morgan fingerprint density at radius 3 is 2.55 bits per heavy atom. The van der Waals surface area contributed by atoms with Gasteiger partial charge in [-0.1, -0.05) is 27.7 Å². The highest BCUT2D eigenvalue weighted by Crippen LogP contribution is 2.18. The van der Waals surface area contributed by atoms with Crippen molar-refractivity contribution in [3.05, 3.63) is 23.4 Å². The standard InChI is InChI=1S/C16H27N3O/c1-6-8-17-15-11-13(10-14(18-15)12(3)4)16(20)19(5)9-7-2/h10-12H,6-9H2,1-5H3,(H,17,18). The lowest BCUT2D eigenvalue weighted by Crippen LogP contribution is -2.27. The maximum atomic E-state index is 12.4. The summed E-state index contributed by atoms with van der Waals surface area (Å²) in [7, 11) is 1.85. The fourth-order valence-electron chi connectivity index (χ4n) is 1.97. The first-order valence-corrected chi connectivity index (χ1v) is 7.50. The van der Waals surface area contributed by atoms with Gasteiger partial charge in [0.25, 0.3) is 5.91 Å². The van der Waals surface area contributed by atoms with Crippen LogP contribution in [0, 0.1) is 0 Å². The first-order chi connectivity index (χ1) is 9.49. The highest BCUT2D eigenvalue weighted by molar-refractivity contribution is 5.94. The van der Waals surface area contributed by atoms with E-state index in [4.69, 9.17) is 0 Å². The van der Waals surface area contributed by atoms with E-state index >= 15 is 0 Å². The van der Waals surface area contributed by atoms with E-state index in [-0.39, 0.29) is 5.91 Å². The molecular formula is C16H27N3O. The molecular weight excluding hydrogens is 250 g/mol. The fraction of sp³-hybridized carbons (Fsp3) is 0.625. The quantitative estimate of drug-likeness (QED) is 0.829. The largest absolute Gasteiger partial charge is 0.370 e. The number of nitrogens with one attached hydrogen (secondary N) is 1. The number of pyridine rings is 1. The van der Waals surface area contributed by atoms with Crippen molar-refractivity contribution in [3.8, 4) is 0 Å². The second kappa shape index (κ2) is 7.88. The molecule has 1 aromatic rings. The van der Waals surface area contributed by atoms with E-state index in [0.717, 1.165) is 43.0 Å². The van der Waals surface area contributed by atoms with Crippen molar-refractivity contribution in [3.63, 3.8) is 0 Å². The highest BCUT2D eigenvalue weighted by Gasteiger charge is 2.14. The van der Waals surface area contributed by atoms with Gasteiger partial charge in [0, 0.05) is 31.4 Å². The molecule has 1 heterocycles. The Morgan fingerprint density at radius 1 is 1.30 bits per heavy atom. The van der Waals surface area contributed by atoms with Crippen LogP contribution >= 0.6 is 0 Å². The minimum atomic E-state index is 0.0655. The maximum absolute atomic E-state index is 12.4. The molecule has 0 saturated carbocycles. The molecule has 1 rings (SSSR count). The van der Waals surface area contributed by atoms with Gasteiger partial charge in [-0.3, -0.25) is 4.79 Å². The van der Waals surface area contributed by atoms with Crippen molar-refractivity contribution in [1.82, 2.24) is 9.88 Å². The van der Waals surface area contributed by atoms with Crippen molar-refractivity contribution in [1.29, 1.82) is 0 Å². The molecule has 0 aliphatic carbocycles. The summed E-state index contributed by atoms with van der Waals surface area (Å²) in [5.74, 6) is 1.17. The summed E-state index contributed by atoms with van der Waals surface area (Å²) in [4.78, 5) is 18.7. The van der Waals surface area contributed by atoms with Gasteiger partial charge < -0.3 is 10.2 Å². The first-order valence-electron chi connectivity index (χ1n) is 7.50. The van der Waals surface area contributed by atoms with Gasteiger partial charge in [-0.05, 0) is 30.9 Å². The number of anilines is 1. The third kappa shape index (κ3) is 4.51. The molecule has 0 unspecified atom stereocenters. The van der Waals surface area contributed by atoms with E-state index in [1.165, 1.54) is 0 Å². The summed E-state index contributed by atoms with van der Waals surface area (Å²) >= 11 is 0. The molecule has 0 fully saturated rings. The Kier molecular flexibility index (Phi) is 6.49. The summed E-state index contributed by atoms with van der Waals surface area (Å²) in [6.07, 6.45) is 2.00. The number of hydrogen-bond acceptors (Lipinski definition) is 3. The zero-order chi connectivity index (χ0) is 15.1. The van der Waals surface area contributed by atoms with Crippen molar-refractivity contribution < 1.29 is 4.79 Å². The third-order valence-corrected chi connectivity index (χ3v) is 3.15. The topological polar surface area (TPSA) is 45.2 Å². The van der Waals surface area contributed by atoms with Crippen LogP contribution in [0.15, 0.2) is 12.1 Å². The molecule has 20 heavy (non-hydrogen) atoms. The van der Waals surface area contributed by atoms with E-state index in [1.807, 2.05) is 19.2 Å². The average Bonchev–Trinajstić information content (AvgIpc) is 2.44. The number of amides is 1. The van der Waals surface area contributed by atoms with Crippen molar-refractivity contribution >= 4 is 11.7 Å². The molecule has 0 spiro atoms. The summed E-state index contributed by atoms with van der Waals surface area (Å²) in [6, 6.07) is 3.77. The van der Waals surface area contributed by atoms with Gasteiger partial charge in [0.2, 0.25) is 0 Å². The predicted molar refractivity (Wildman–Crippen MR) is 84.4 cm³/mol. The second-order valence-corrected chi connectivity index (χ2v) is 5.47. The van der Waals surface area contributed by atoms with Crippen LogP contribution in [0.5, 0.6) is 0 Å². The van der Waals surface area contributed by atoms with Crippen molar-refractivity contribution in [2.75, 3.05) is 25.5 Å². The second-order valence-electron chi connectivity index (χ2n) is 5.47. The third-order valence-electron chi connectivity index (χ3n) is 3.15. The number of rotatable bonds is 7. The summed E-state index contributed by atoms with van der Waals surface area (Å²) in [5, 5.41) is 3.27. The lowest BCUT2D eigenvalue weighted by atomic mass is 10.1. The molecule has 4 nitrogen and oxygen atoms in total. The van der Waals surface area contributed by atoms with Gasteiger partial charge in [-0.25, -0.2) is 4.98 Å².